The summed E-state index contributed by atoms with van der Waals surface area (Å²) in [5, 5.41) is 0. The van der Waals surface area contributed by atoms with E-state index in [4.69, 9.17) is 0 Å². The van der Waals surface area contributed by atoms with Crippen molar-refractivity contribution >= 4 is 6.29 Å². The molecule has 0 spiro atoms. The fourth-order valence-electron chi connectivity index (χ4n) is 2.64. The van der Waals surface area contributed by atoms with Crippen molar-refractivity contribution in [2.75, 3.05) is 0 Å². The van der Waals surface area contributed by atoms with Crippen LogP contribution in [0.5, 0.6) is 0 Å². The van der Waals surface area contributed by atoms with Gasteiger partial charge in [-0.1, -0.05) is 97.0 Å². The van der Waals surface area contributed by atoms with Crippen LogP contribution in [0.4, 0.5) is 0 Å². The van der Waals surface area contributed by atoms with Crippen molar-refractivity contribution < 1.29 is 4.79 Å². The van der Waals surface area contributed by atoms with E-state index in [9.17, 15) is 4.79 Å². The third-order valence-electron chi connectivity index (χ3n) is 4.05. The van der Waals surface area contributed by atoms with E-state index in [1.54, 1.807) is 6.08 Å². The summed E-state index contributed by atoms with van der Waals surface area (Å²) >= 11 is 0. The van der Waals surface area contributed by atoms with E-state index >= 15 is 0 Å². The molecule has 0 fully saturated rings. The predicted octanol–water partition coefficient (Wildman–Crippen LogP) is 6.47. The zero-order valence-corrected chi connectivity index (χ0v) is 13.9. The molecule has 20 heavy (non-hydrogen) atoms. The number of hydrogen-bond donors (Lipinski definition) is 0. The van der Waals surface area contributed by atoms with Crippen molar-refractivity contribution in [1.82, 2.24) is 0 Å². The van der Waals surface area contributed by atoms with Gasteiger partial charge in [0.1, 0.15) is 6.29 Å². The van der Waals surface area contributed by atoms with Crippen molar-refractivity contribution in [2.45, 2.75) is 97.3 Å². The largest absolute Gasteiger partial charge is 0.299 e. The minimum absolute atomic E-state index is 0.727. The van der Waals surface area contributed by atoms with Gasteiger partial charge >= 0.3 is 0 Å². The molecule has 0 aromatic rings. The van der Waals surface area contributed by atoms with Crippen molar-refractivity contribution in [3.05, 3.63) is 12.2 Å². The number of rotatable bonds is 15. The quantitative estimate of drug-likeness (QED) is 0.191. The monoisotopic (exact) mass is 280 g/mol. The molecular formula is C19H36O. The SMILES string of the molecule is CCCCCCCCCCCCCC(C)CC=CC=O. The lowest BCUT2D eigenvalue weighted by Crippen LogP contribution is -1.92. The molecule has 0 aromatic heterocycles. The number of hydrogen-bond acceptors (Lipinski definition) is 1. The zero-order valence-electron chi connectivity index (χ0n) is 13.9. The van der Waals surface area contributed by atoms with Gasteiger partial charge in [-0.05, 0) is 18.4 Å². The molecule has 0 N–H and O–H groups in total. The molecule has 0 aliphatic heterocycles. The highest BCUT2D eigenvalue weighted by atomic mass is 16.1. The summed E-state index contributed by atoms with van der Waals surface area (Å²) in [4.78, 5) is 10.2. The molecule has 0 aliphatic carbocycles. The molecule has 1 heteroatoms. The highest BCUT2D eigenvalue weighted by molar-refractivity contribution is 5.64. The summed E-state index contributed by atoms with van der Waals surface area (Å²) in [7, 11) is 0. The Hall–Kier alpha value is -0.590. The number of carbonyl (C=O) groups is 1. The first-order chi connectivity index (χ1) is 9.81. The average molecular weight is 280 g/mol. The summed E-state index contributed by atoms with van der Waals surface area (Å²) in [5.74, 6) is 0.727. The van der Waals surface area contributed by atoms with Gasteiger partial charge in [0, 0.05) is 0 Å². The Kier molecular flexibility index (Phi) is 16.0. The molecule has 0 heterocycles. The third kappa shape index (κ3) is 15.5. The molecule has 0 rings (SSSR count). The summed E-state index contributed by atoms with van der Waals surface area (Å²) in [5.41, 5.74) is 0. The second kappa shape index (κ2) is 16.5. The van der Waals surface area contributed by atoms with E-state index in [0.29, 0.717) is 0 Å². The maximum absolute atomic E-state index is 10.2. The lowest BCUT2D eigenvalue weighted by atomic mass is 9.98. The molecule has 1 unspecified atom stereocenters. The lowest BCUT2D eigenvalue weighted by Gasteiger charge is -2.08. The first kappa shape index (κ1) is 19.4. The van der Waals surface area contributed by atoms with E-state index in [2.05, 4.69) is 13.8 Å². The number of allylic oxidation sites excluding steroid dienone is 2. The van der Waals surface area contributed by atoms with Crippen LogP contribution < -0.4 is 0 Å². The molecule has 0 aliphatic rings. The lowest BCUT2D eigenvalue weighted by molar-refractivity contribution is -0.104. The van der Waals surface area contributed by atoms with Crippen LogP contribution >= 0.6 is 0 Å². The average Bonchev–Trinajstić information content (AvgIpc) is 2.45. The van der Waals surface area contributed by atoms with E-state index < -0.39 is 0 Å². The zero-order chi connectivity index (χ0) is 14.9. The molecular weight excluding hydrogens is 244 g/mol. The first-order valence-electron chi connectivity index (χ1n) is 8.91. The molecule has 0 saturated heterocycles. The summed E-state index contributed by atoms with van der Waals surface area (Å²) in [6.45, 7) is 4.56. The van der Waals surface area contributed by atoms with E-state index in [1.165, 1.54) is 77.0 Å². The van der Waals surface area contributed by atoms with E-state index in [1.807, 2.05) is 6.08 Å². The van der Waals surface area contributed by atoms with Gasteiger partial charge in [0.05, 0.1) is 0 Å². The summed E-state index contributed by atoms with van der Waals surface area (Å²) < 4.78 is 0. The normalized spacial score (nSPS) is 12.9. The molecule has 0 amide bonds. The van der Waals surface area contributed by atoms with Crippen LogP contribution in [-0.2, 0) is 4.79 Å². The number of unbranched alkanes of at least 4 members (excludes halogenated alkanes) is 10. The molecule has 0 bridgehead atoms. The minimum atomic E-state index is 0.727. The van der Waals surface area contributed by atoms with Crippen molar-refractivity contribution in [2.24, 2.45) is 5.92 Å². The highest BCUT2D eigenvalue weighted by Gasteiger charge is 1.99. The van der Waals surface area contributed by atoms with Crippen LogP contribution in [0.25, 0.3) is 0 Å². The van der Waals surface area contributed by atoms with Crippen molar-refractivity contribution in [3.8, 4) is 0 Å². The van der Waals surface area contributed by atoms with Gasteiger partial charge in [-0.25, -0.2) is 0 Å². The highest BCUT2D eigenvalue weighted by Crippen LogP contribution is 2.16. The van der Waals surface area contributed by atoms with Crippen LogP contribution in [0.1, 0.15) is 97.3 Å². The Balaban J connectivity index is 3.12. The number of aldehydes is 1. The fraction of sp³-hybridized carbons (Fsp3) is 0.842. The Morgan fingerprint density at radius 1 is 0.800 bits per heavy atom. The molecule has 118 valence electrons. The van der Waals surface area contributed by atoms with Gasteiger partial charge in [0.25, 0.3) is 0 Å². The van der Waals surface area contributed by atoms with Gasteiger partial charge in [-0.2, -0.15) is 0 Å². The topological polar surface area (TPSA) is 17.1 Å². The second-order valence-corrected chi connectivity index (χ2v) is 6.23. The van der Waals surface area contributed by atoms with Crippen LogP contribution in [0.15, 0.2) is 12.2 Å². The maximum atomic E-state index is 10.2. The standard InChI is InChI=1S/C19H36O/c1-3-4-5-6-7-8-9-10-11-12-13-16-19(2)17-14-15-18-20/h14-15,18-19H,3-13,16-17H2,1-2H3. The van der Waals surface area contributed by atoms with Crippen molar-refractivity contribution in [3.63, 3.8) is 0 Å². The molecule has 0 radical (unpaired) electrons. The van der Waals surface area contributed by atoms with Crippen molar-refractivity contribution in [1.29, 1.82) is 0 Å². The summed E-state index contributed by atoms with van der Waals surface area (Å²) in [6, 6.07) is 0. The van der Waals surface area contributed by atoms with Gasteiger partial charge < -0.3 is 0 Å². The fourth-order valence-corrected chi connectivity index (χ4v) is 2.64. The van der Waals surface area contributed by atoms with Crippen LogP contribution in [0, 0.1) is 5.92 Å². The minimum Gasteiger partial charge on any atom is -0.299 e. The van der Waals surface area contributed by atoms with E-state index in [0.717, 1.165) is 18.6 Å². The predicted molar refractivity (Wildman–Crippen MR) is 90.1 cm³/mol. The van der Waals surface area contributed by atoms with Gasteiger partial charge in [-0.3, -0.25) is 4.79 Å². The van der Waals surface area contributed by atoms with Crippen LogP contribution in [-0.4, -0.2) is 6.29 Å². The second-order valence-electron chi connectivity index (χ2n) is 6.23. The molecule has 0 aromatic carbocycles. The van der Waals surface area contributed by atoms with Crippen LogP contribution in [0.2, 0.25) is 0 Å². The molecule has 1 nitrogen and oxygen atoms in total. The Labute approximate surface area is 127 Å². The smallest absolute Gasteiger partial charge is 0.142 e. The molecule has 1 atom stereocenters. The maximum Gasteiger partial charge on any atom is 0.142 e. The van der Waals surface area contributed by atoms with Gasteiger partial charge in [-0.15, -0.1) is 0 Å². The molecule has 0 saturated carbocycles. The van der Waals surface area contributed by atoms with Gasteiger partial charge in [0.15, 0.2) is 0 Å². The van der Waals surface area contributed by atoms with Crippen LogP contribution in [0.3, 0.4) is 0 Å². The Morgan fingerprint density at radius 3 is 1.80 bits per heavy atom. The number of carbonyl (C=O) groups excluding carboxylic acids is 1. The summed E-state index contributed by atoms with van der Waals surface area (Å²) in [6.07, 6.45) is 22.4. The third-order valence-corrected chi connectivity index (χ3v) is 4.05. The van der Waals surface area contributed by atoms with E-state index in [-0.39, 0.29) is 0 Å². The Bertz CT molecular complexity index is 220. The van der Waals surface area contributed by atoms with Gasteiger partial charge in [0.2, 0.25) is 0 Å². The first-order valence-corrected chi connectivity index (χ1v) is 8.91. The Morgan fingerprint density at radius 2 is 1.30 bits per heavy atom.